The number of aldehydes is 1. The minimum Gasteiger partial charge on any atom is -0.356 e. The van der Waals surface area contributed by atoms with Crippen LogP contribution in [0.1, 0.15) is 55.1 Å². The second-order valence-electron chi connectivity index (χ2n) is 9.97. The van der Waals surface area contributed by atoms with Gasteiger partial charge in [-0.3, -0.25) is 14.4 Å². The van der Waals surface area contributed by atoms with Gasteiger partial charge in [0.15, 0.2) is 0 Å². The Bertz CT molecular complexity index is 1300. The van der Waals surface area contributed by atoms with Crippen molar-refractivity contribution in [2.45, 2.75) is 46.7 Å². The zero-order valence-corrected chi connectivity index (χ0v) is 22.8. The standard InChI is InChI=1S/C31H40N4O3/c1-21(2)30(37)34-15-7-13-32-18-28-24-9-5-6-10-25(24)29(27-17-23(20-36)11-12-26(27)28)19-33-14-8-16-35-31(38)22(3)4/h5-6,9-12,17,20,22,32-33H,1,7-8,13-16,18-19H2,2-4H3,(H,34,37)(H,35,38). The fraction of sp³-hybridized carbons (Fsp3) is 0.387. The summed E-state index contributed by atoms with van der Waals surface area (Å²) in [6.07, 6.45) is 2.53. The van der Waals surface area contributed by atoms with Gasteiger partial charge in [0.2, 0.25) is 11.8 Å². The van der Waals surface area contributed by atoms with Crippen LogP contribution in [0.2, 0.25) is 0 Å². The van der Waals surface area contributed by atoms with Crippen LogP contribution in [0.15, 0.2) is 54.6 Å². The Hall–Kier alpha value is -3.55. The second kappa shape index (κ2) is 14.4. The smallest absolute Gasteiger partial charge is 0.246 e. The number of nitrogens with one attached hydrogen (secondary N) is 4. The van der Waals surface area contributed by atoms with E-state index in [-0.39, 0.29) is 17.7 Å². The van der Waals surface area contributed by atoms with E-state index in [1.807, 2.05) is 38.1 Å². The van der Waals surface area contributed by atoms with Crippen LogP contribution < -0.4 is 21.3 Å². The first-order valence-corrected chi connectivity index (χ1v) is 13.4. The van der Waals surface area contributed by atoms with Crippen molar-refractivity contribution < 1.29 is 14.4 Å². The molecule has 0 aliphatic rings. The molecule has 0 aliphatic carbocycles. The molecule has 4 N–H and O–H groups in total. The highest BCUT2D eigenvalue weighted by atomic mass is 16.2. The lowest BCUT2D eigenvalue weighted by Crippen LogP contribution is -2.30. The van der Waals surface area contributed by atoms with Gasteiger partial charge in [0.05, 0.1) is 0 Å². The van der Waals surface area contributed by atoms with Crippen LogP contribution in [-0.4, -0.2) is 44.3 Å². The first kappa shape index (κ1) is 29.0. The van der Waals surface area contributed by atoms with Gasteiger partial charge in [-0.2, -0.15) is 0 Å². The summed E-state index contributed by atoms with van der Waals surface area (Å²) >= 11 is 0. The highest BCUT2D eigenvalue weighted by Gasteiger charge is 2.14. The van der Waals surface area contributed by atoms with E-state index in [4.69, 9.17) is 0 Å². The number of amides is 2. The van der Waals surface area contributed by atoms with Gasteiger partial charge in [0.1, 0.15) is 6.29 Å². The van der Waals surface area contributed by atoms with E-state index in [0.717, 1.165) is 53.9 Å². The summed E-state index contributed by atoms with van der Waals surface area (Å²) in [5.74, 6) is -0.0511. The highest BCUT2D eigenvalue weighted by molar-refractivity contribution is 6.07. The molecule has 3 aromatic rings. The monoisotopic (exact) mass is 516 g/mol. The fourth-order valence-corrected chi connectivity index (χ4v) is 4.45. The highest BCUT2D eigenvalue weighted by Crippen LogP contribution is 2.33. The number of fused-ring (bicyclic) bond motifs is 2. The molecule has 38 heavy (non-hydrogen) atoms. The van der Waals surface area contributed by atoms with Gasteiger partial charge in [0, 0.05) is 43.2 Å². The Kier molecular flexibility index (Phi) is 11.0. The molecular weight excluding hydrogens is 476 g/mol. The zero-order chi connectivity index (χ0) is 27.5. The summed E-state index contributed by atoms with van der Waals surface area (Å²) in [6, 6.07) is 14.3. The predicted molar refractivity (Wildman–Crippen MR) is 155 cm³/mol. The molecule has 0 heterocycles. The Morgan fingerprint density at radius 3 is 1.92 bits per heavy atom. The van der Waals surface area contributed by atoms with Gasteiger partial charge in [-0.25, -0.2) is 0 Å². The Labute approximate surface area is 225 Å². The van der Waals surface area contributed by atoms with Gasteiger partial charge in [-0.15, -0.1) is 0 Å². The largest absolute Gasteiger partial charge is 0.356 e. The van der Waals surface area contributed by atoms with E-state index in [2.05, 4.69) is 46.0 Å². The summed E-state index contributed by atoms with van der Waals surface area (Å²) in [5, 5.41) is 17.4. The first-order chi connectivity index (χ1) is 18.3. The third-order valence-corrected chi connectivity index (χ3v) is 6.57. The molecule has 0 saturated heterocycles. The van der Waals surface area contributed by atoms with Crippen molar-refractivity contribution in [2.24, 2.45) is 5.92 Å². The third kappa shape index (κ3) is 7.73. The van der Waals surface area contributed by atoms with Crippen molar-refractivity contribution in [3.05, 3.63) is 71.3 Å². The van der Waals surface area contributed by atoms with Crippen LogP contribution in [0.3, 0.4) is 0 Å². The number of hydrogen-bond donors (Lipinski definition) is 4. The van der Waals surface area contributed by atoms with Crippen molar-refractivity contribution in [1.82, 2.24) is 21.3 Å². The fourth-order valence-electron chi connectivity index (χ4n) is 4.45. The van der Waals surface area contributed by atoms with E-state index in [0.29, 0.717) is 37.3 Å². The molecule has 3 aromatic carbocycles. The SMILES string of the molecule is C=C(C)C(=O)NCCCNCc1c2ccccc2c(CNCCCNC(=O)C(C)C)c2cc(C=O)ccc12. The number of carbonyl (C=O) groups is 3. The molecule has 0 atom stereocenters. The van der Waals surface area contributed by atoms with Crippen molar-refractivity contribution >= 4 is 39.6 Å². The Morgan fingerprint density at radius 2 is 1.37 bits per heavy atom. The third-order valence-electron chi connectivity index (χ3n) is 6.57. The van der Waals surface area contributed by atoms with Crippen LogP contribution in [0.25, 0.3) is 21.5 Å². The maximum atomic E-state index is 11.8. The van der Waals surface area contributed by atoms with E-state index in [1.54, 1.807) is 6.92 Å². The molecule has 7 heteroatoms. The van der Waals surface area contributed by atoms with Crippen molar-refractivity contribution in [3.8, 4) is 0 Å². The topological polar surface area (TPSA) is 99.3 Å². The molecule has 0 fully saturated rings. The van der Waals surface area contributed by atoms with Crippen LogP contribution >= 0.6 is 0 Å². The van der Waals surface area contributed by atoms with E-state index < -0.39 is 0 Å². The molecule has 202 valence electrons. The maximum absolute atomic E-state index is 11.8. The minimum atomic E-state index is -0.113. The predicted octanol–water partition coefficient (Wildman–Crippen LogP) is 4.23. The molecule has 2 amide bonds. The molecular formula is C31H40N4O3. The second-order valence-corrected chi connectivity index (χ2v) is 9.97. The lowest BCUT2D eigenvalue weighted by Gasteiger charge is -2.18. The lowest BCUT2D eigenvalue weighted by molar-refractivity contribution is -0.124. The quantitative estimate of drug-likeness (QED) is 0.105. The van der Waals surface area contributed by atoms with E-state index in [9.17, 15) is 14.4 Å². The Morgan fingerprint density at radius 1 is 0.816 bits per heavy atom. The summed E-state index contributed by atoms with van der Waals surface area (Å²) in [5.41, 5.74) is 3.52. The number of benzene rings is 3. The molecule has 0 unspecified atom stereocenters. The molecule has 3 rings (SSSR count). The van der Waals surface area contributed by atoms with Crippen molar-refractivity contribution in [2.75, 3.05) is 26.2 Å². The van der Waals surface area contributed by atoms with Gasteiger partial charge in [0.25, 0.3) is 0 Å². The minimum absolute atomic E-state index is 0.0110. The molecule has 0 spiro atoms. The molecule has 0 bridgehead atoms. The normalized spacial score (nSPS) is 11.2. The van der Waals surface area contributed by atoms with Gasteiger partial charge < -0.3 is 21.3 Å². The zero-order valence-electron chi connectivity index (χ0n) is 22.8. The van der Waals surface area contributed by atoms with E-state index >= 15 is 0 Å². The van der Waals surface area contributed by atoms with Gasteiger partial charge in [-0.1, -0.05) is 56.8 Å². The molecule has 0 saturated carbocycles. The number of hydrogen-bond acceptors (Lipinski definition) is 5. The van der Waals surface area contributed by atoms with Crippen LogP contribution in [-0.2, 0) is 22.7 Å². The molecule has 0 aliphatic heterocycles. The van der Waals surface area contributed by atoms with Crippen LogP contribution in [0.4, 0.5) is 0 Å². The first-order valence-electron chi connectivity index (χ1n) is 13.4. The average molecular weight is 517 g/mol. The molecule has 7 nitrogen and oxygen atoms in total. The summed E-state index contributed by atoms with van der Waals surface area (Å²) in [6.45, 7) is 13.2. The summed E-state index contributed by atoms with van der Waals surface area (Å²) in [4.78, 5) is 35.1. The number of rotatable bonds is 15. The van der Waals surface area contributed by atoms with Crippen LogP contribution in [0.5, 0.6) is 0 Å². The lowest BCUT2D eigenvalue weighted by atomic mass is 9.90. The van der Waals surface area contributed by atoms with Gasteiger partial charge in [-0.05, 0) is 71.6 Å². The summed E-state index contributed by atoms with van der Waals surface area (Å²) < 4.78 is 0. The Balaban J connectivity index is 1.76. The van der Waals surface area contributed by atoms with Crippen LogP contribution in [0, 0.1) is 5.92 Å². The number of carbonyl (C=O) groups excluding carboxylic acids is 3. The van der Waals surface area contributed by atoms with Crippen molar-refractivity contribution in [3.63, 3.8) is 0 Å². The van der Waals surface area contributed by atoms with Gasteiger partial charge >= 0.3 is 0 Å². The molecule has 0 radical (unpaired) electrons. The van der Waals surface area contributed by atoms with Crippen molar-refractivity contribution in [1.29, 1.82) is 0 Å². The molecule has 0 aromatic heterocycles. The maximum Gasteiger partial charge on any atom is 0.246 e. The summed E-state index contributed by atoms with van der Waals surface area (Å²) in [7, 11) is 0. The average Bonchev–Trinajstić information content (AvgIpc) is 2.92. The van der Waals surface area contributed by atoms with E-state index in [1.165, 1.54) is 10.9 Å².